The molecule has 33 heavy (non-hydrogen) atoms. The summed E-state index contributed by atoms with van der Waals surface area (Å²) < 4.78 is 11.9. The van der Waals surface area contributed by atoms with Gasteiger partial charge in [0.15, 0.2) is 17.3 Å². The summed E-state index contributed by atoms with van der Waals surface area (Å²) >= 11 is 0. The Balaban J connectivity index is 1.62. The van der Waals surface area contributed by atoms with Crippen LogP contribution in [0.15, 0.2) is 36.7 Å². The highest BCUT2D eigenvalue weighted by Crippen LogP contribution is 2.30. The number of carboxylic acid groups (broad SMARTS) is 1. The van der Waals surface area contributed by atoms with Crippen LogP contribution >= 0.6 is 0 Å². The minimum absolute atomic E-state index is 0.0304. The number of para-hydroxylation sites is 2. The molecule has 1 saturated heterocycles. The summed E-state index contributed by atoms with van der Waals surface area (Å²) in [6.07, 6.45) is 4.96. The summed E-state index contributed by atoms with van der Waals surface area (Å²) in [6, 6.07) is 7.65. The number of nitrogens with zero attached hydrogens (tertiary/aromatic N) is 3. The van der Waals surface area contributed by atoms with Gasteiger partial charge in [0, 0.05) is 13.0 Å². The van der Waals surface area contributed by atoms with E-state index in [-0.39, 0.29) is 24.9 Å². The van der Waals surface area contributed by atoms with Crippen molar-refractivity contribution in [1.29, 1.82) is 0 Å². The van der Waals surface area contributed by atoms with Crippen LogP contribution in [0, 0.1) is 5.41 Å². The van der Waals surface area contributed by atoms with Crippen molar-refractivity contribution in [2.45, 2.75) is 52.6 Å². The number of anilines is 2. The molecule has 2 heterocycles. The van der Waals surface area contributed by atoms with E-state index in [1.165, 1.54) is 6.20 Å². The third-order valence-electron chi connectivity index (χ3n) is 5.30. The van der Waals surface area contributed by atoms with Crippen LogP contribution < -0.4 is 19.7 Å². The van der Waals surface area contributed by atoms with Crippen molar-refractivity contribution in [2.24, 2.45) is 5.41 Å². The number of carboxylic acids is 1. The number of aliphatic carboxylic acids is 1. The molecule has 2 N–H and O–H groups in total. The Morgan fingerprint density at radius 1 is 1.21 bits per heavy atom. The molecule has 1 unspecified atom stereocenters. The highest BCUT2D eigenvalue weighted by Gasteiger charge is 2.26. The number of rotatable bonds is 10. The largest absolute Gasteiger partial charge is 0.490 e. The lowest BCUT2D eigenvalue weighted by atomic mass is 9.85. The zero-order valence-electron chi connectivity index (χ0n) is 19.4. The SMILES string of the molecule is CCOc1ccccc1OC1CCCN(c2cncc(NC(=O)CC(C)(C)CC(=O)O)n2)C1. The average Bonchev–Trinajstić information content (AvgIpc) is 2.74. The Kier molecular flexibility index (Phi) is 8.08. The molecule has 1 aromatic heterocycles. The Labute approximate surface area is 194 Å². The molecule has 9 heteroatoms. The maximum absolute atomic E-state index is 12.4. The molecule has 0 bridgehead atoms. The first kappa shape index (κ1) is 24.3. The average molecular weight is 457 g/mol. The first-order chi connectivity index (χ1) is 15.8. The minimum Gasteiger partial charge on any atom is -0.490 e. The molecule has 0 saturated carbocycles. The quantitative estimate of drug-likeness (QED) is 0.556. The van der Waals surface area contributed by atoms with Gasteiger partial charge in [-0.25, -0.2) is 4.98 Å². The van der Waals surface area contributed by atoms with Crippen molar-refractivity contribution in [3.8, 4) is 11.5 Å². The second-order valence-corrected chi connectivity index (χ2v) is 8.93. The Hall–Kier alpha value is -3.36. The summed E-state index contributed by atoms with van der Waals surface area (Å²) in [4.78, 5) is 34.3. The van der Waals surface area contributed by atoms with Gasteiger partial charge in [-0.05, 0) is 37.3 Å². The van der Waals surface area contributed by atoms with Crippen molar-refractivity contribution < 1.29 is 24.2 Å². The highest BCUT2D eigenvalue weighted by atomic mass is 16.5. The number of carbonyl (C=O) groups excluding carboxylic acids is 1. The molecule has 1 atom stereocenters. The zero-order chi connectivity index (χ0) is 23.8. The number of ether oxygens (including phenoxy) is 2. The van der Waals surface area contributed by atoms with Crippen LogP contribution in [-0.2, 0) is 9.59 Å². The molecule has 2 aromatic rings. The summed E-state index contributed by atoms with van der Waals surface area (Å²) in [5.41, 5.74) is -0.657. The first-order valence-electron chi connectivity index (χ1n) is 11.2. The van der Waals surface area contributed by atoms with E-state index in [2.05, 4.69) is 20.2 Å². The van der Waals surface area contributed by atoms with E-state index in [1.807, 2.05) is 31.2 Å². The van der Waals surface area contributed by atoms with E-state index in [0.717, 1.165) is 30.9 Å². The summed E-state index contributed by atoms with van der Waals surface area (Å²) in [6.45, 7) is 7.46. The normalized spacial score (nSPS) is 16.2. The van der Waals surface area contributed by atoms with Crippen molar-refractivity contribution in [3.05, 3.63) is 36.7 Å². The van der Waals surface area contributed by atoms with Crippen LogP contribution in [0.3, 0.4) is 0 Å². The van der Waals surface area contributed by atoms with Crippen LogP contribution in [0.4, 0.5) is 11.6 Å². The first-order valence-corrected chi connectivity index (χ1v) is 11.2. The molecule has 0 radical (unpaired) electrons. The molecule has 1 fully saturated rings. The smallest absolute Gasteiger partial charge is 0.303 e. The molecule has 1 amide bonds. The van der Waals surface area contributed by atoms with Crippen molar-refractivity contribution in [2.75, 3.05) is 29.9 Å². The van der Waals surface area contributed by atoms with Gasteiger partial charge in [0.1, 0.15) is 11.9 Å². The number of piperidine rings is 1. The number of carbonyl (C=O) groups is 2. The van der Waals surface area contributed by atoms with Crippen LogP contribution in [0.5, 0.6) is 11.5 Å². The van der Waals surface area contributed by atoms with Gasteiger partial charge in [-0.2, -0.15) is 0 Å². The van der Waals surface area contributed by atoms with E-state index in [4.69, 9.17) is 14.6 Å². The van der Waals surface area contributed by atoms with Crippen LogP contribution in [0.25, 0.3) is 0 Å². The fourth-order valence-corrected chi connectivity index (χ4v) is 3.91. The highest BCUT2D eigenvalue weighted by molar-refractivity contribution is 5.90. The fourth-order valence-electron chi connectivity index (χ4n) is 3.91. The Morgan fingerprint density at radius 3 is 2.70 bits per heavy atom. The van der Waals surface area contributed by atoms with Crippen molar-refractivity contribution in [1.82, 2.24) is 9.97 Å². The van der Waals surface area contributed by atoms with Gasteiger partial charge in [-0.3, -0.25) is 14.6 Å². The van der Waals surface area contributed by atoms with Gasteiger partial charge in [0.05, 0.1) is 32.0 Å². The number of hydrogen-bond donors (Lipinski definition) is 2. The molecule has 0 aliphatic carbocycles. The maximum Gasteiger partial charge on any atom is 0.303 e. The monoisotopic (exact) mass is 456 g/mol. The van der Waals surface area contributed by atoms with Crippen molar-refractivity contribution >= 4 is 23.5 Å². The topological polar surface area (TPSA) is 114 Å². The predicted molar refractivity (Wildman–Crippen MR) is 125 cm³/mol. The van der Waals surface area contributed by atoms with E-state index >= 15 is 0 Å². The molecule has 178 valence electrons. The molecule has 0 spiro atoms. The van der Waals surface area contributed by atoms with Gasteiger partial charge in [0.25, 0.3) is 0 Å². The van der Waals surface area contributed by atoms with Gasteiger partial charge in [0.2, 0.25) is 5.91 Å². The number of amides is 1. The number of hydrogen-bond acceptors (Lipinski definition) is 7. The van der Waals surface area contributed by atoms with Crippen LogP contribution in [0.1, 0.15) is 46.5 Å². The lowest BCUT2D eigenvalue weighted by molar-refractivity contribution is -0.139. The molecule has 3 rings (SSSR count). The molecule has 1 aromatic carbocycles. The van der Waals surface area contributed by atoms with E-state index in [9.17, 15) is 9.59 Å². The lowest BCUT2D eigenvalue weighted by Gasteiger charge is -2.33. The number of benzene rings is 1. The van der Waals surface area contributed by atoms with Gasteiger partial charge < -0.3 is 24.8 Å². The van der Waals surface area contributed by atoms with Crippen LogP contribution in [0.2, 0.25) is 0 Å². The third-order valence-corrected chi connectivity index (χ3v) is 5.30. The van der Waals surface area contributed by atoms with Gasteiger partial charge in [-0.1, -0.05) is 26.0 Å². The van der Waals surface area contributed by atoms with Crippen molar-refractivity contribution in [3.63, 3.8) is 0 Å². The lowest BCUT2D eigenvalue weighted by Crippen LogP contribution is -2.41. The Morgan fingerprint density at radius 2 is 1.97 bits per heavy atom. The summed E-state index contributed by atoms with van der Waals surface area (Å²) in [7, 11) is 0. The van der Waals surface area contributed by atoms with E-state index in [0.29, 0.717) is 24.8 Å². The Bertz CT molecular complexity index is 965. The third kappa shape index (κ3) is 7.34. The van der Waals surface area contributed by atoms with E-state index < -0.39 is 11.4 Å². The fraction of sp³-hybridized carbons (Fsp3) is 0.500. The minimum atomic E-state index is -0.930. The zero-order valence-corrected chi connectivity index (χ0v) is 19.4. The van der Waals surface area contributed by atoms with E-state index in [1.54, 1.807) is 20.0 Å². The molecular formula is C24H32N4O5. The number of aromatic nitrogens is 2. The molecule has 9 nitrogen and oxygen atoms in total. The van der Waals surface area contributed by atoms with Crippen LogP contribution in [-0.4, -0.2) is 52.8 Å². The molecule has 1 aliphatic heterocycles. The van der Waals surface area contributed by atoms with Gasteiger partial charge in [-0.15, -0.1) is 0 Å². The second-order valence-electron chi connectivity index (χ2n) is 8.93. The standard InChI is InChI=1S/C24H32N4O5/c1-4-32-18-9-5-6-10-19(18)33-17-8-7-11-28(16-17)21-15-25-14-20(26-21)27-22(29)12-24(2,3)13-23(30)31/h5-6,9-10,14-15,17H,4,7-8,11-13,16H2,1-3H3,(H,30,31)(H,26,27,29). The predicted octanol–water partition coefficient (Wildman–Crippen LogP) is 3.75. The maximum atomic E-state index is 12.4. The van der Waals surface area contributed by atoms with Gasteiger partial charge >= 0.3 is 5.97 Å². The summed E-state index contributed by atoms with van der Waals surface area (Å²) in [5, 5.41) is 11.8. The molecule has 1 aliphatic rings. The number of nitrogens with one attached hydrogen (secondary N) is 1. The molecular weight excluding hydrogens is 424 g/mol. The summed E-state index contributed by atoms with van der Waals surface area (Å²) in [5.74, 6) is 1.23. The second kappa shape index (κ2) is 11.0.